The Kier molecular flexibility index (Phi) is 6.14. The second kappa shape index (κ2) is 8.10. The van der Waals surface area contributed by atoms with Gasteiger partial charge in [-0.2, -0.15) is 0 Å². The fourth-order valence-electron chi connectivity index (χ4n) is 2.64. The van der Waals surface area contributed by atoms with E-state index in [1.54, 1.807) is 0 Å². The SMILES string of the molecule is COc1cc(CNCCOC2CCCC2)cc(OC)c1O. The fraction of sp³-hybridized carbons (Fsp3) is 0.625. The quantitative estimate of drug-likeness (QED) is 0.721. The van der Waals surface area contributed by atoms with Crippen LogP contribution < -0.4 is 14.8 Å². The molecule has 0 bridgehead atoms. The molecule has 0 radical (unpaired) electrons. The lowest BCUT2D eigenvalue weighted by Crippen LogP contribution is -2.21. The van der Waals surface area contributed by atoms with Crippen LogP contribution in [0.2, 0.25) is 0 Å². The molecule has 1 aromatic carbocycles. The molecule has 0 amide bonds. The largest absolute Gasteiger partial charge is 0.502 e. The molecule has 1 saturated carbocycles. The highest BCUT2D eigenvalue weighted by atomic mass is 16.5. The number of methoxy groups -OCH3 is 2. The average molecular weight is 295 g/mol. The van der Waals surface area contributed by atoms with Crippen LogP contribution in [0.5, 0.6) is 17.2 Å². The second-order valence-electron chi connectivity index (χ2n) is 5.30. The highest BCUT2D eigenvalue weighted by Gasteiger charge is 2.14. The monoisotopic (exact) mass is 295 g/mol. The van der Waals surface area contributed by atoms with E-state index in [4.69, 9.17) is 14.2 Å². The van der Waals surface area contributed by atoms with Crippen molar-refractivity contribution in [1.29, 1.82) is 0 Å². The van der Waals surface area contributed by atoms with Crippen LogP contribution in [-0.2, 0) is 11.3 Å². The molecule has 5 nitrogen and oxygen atoms in total. The number of benzene rings is 1. The van der Waals surface area contributed by atoms with Gasteiger partial charge in [-0.25, -0.2) is 0 Å². The van der Waals surface area contributed by atoms with Gasteiger partial charge >= 0.3 is 0 Å². The summed E-state index contributed by atoms with van der Waals surface area (Å²) in [5.41, 5.74) is 1.00. The first-order valence-electron chi connectivity index (χ1n) is 7.50. The van der Waals surface area contributed by atoms with Crippen molar-refractivity contribution in [3.8, 4) is 17.2 Å². The van der Waals surface area contributed by atoms with E-state index in [9.17, 15) is 5.11 Å². The first kappa shape index (κ1) is 15.9. The molecule has 1 aliphatic rings. The van der Waals surface area contributed by atoms with E-state index in [1.165, 1.54) is 39.9 Å². The third-order valence-electron chi connectivity index (χ3n) is 3.80. The number of hydrogen-bond donors (Lipinski definition) is 2. The van der Waals surface area contributed by atoms with Gasteiger partial charge in [0.1, 0.15) is 0 Å². The van der Waals surface area contributed by atoms with E-state index in [2.05, 4.69) is 5.32 Å². The molecule has 1 aromatic rings. The third-order valence-corrected chi connectivity index (χ3v) is 3.80. The Hall–Kier alpha value is -1.46. The molecule has 0 aromatic heterocycles. The first-order valence-corrected chi connectivity index (χ1v) is 7.50. The van der Waals surface area contributed by atoms with Gasteiger partial charge in [-0.1, -0.05) is 12.8 Å². The molecular formula is C16H25NO4. The number of phenolic OH excluding ortho intramolecular Hbond substituents is 1. The molecule has 2 N–H and O–H groups in total. The molecule has 21 heavy (non-hydrogen) atoms. The van der Waals surface area contributed by atoms with E-state index in [0.29, 0.717) is 24.1 Å². The maximum absolute atomic E-state index is 9.85. The van der Waals surface area contributed by atoms with E-state index >= 15 is 0 Å². The number of rotatable bonds is 8. The Bertz CT molecular complexity index is 419. The van der Waals surface area contributed by atoms with Gasteiger partial charge in [0.2, 0.25) is 5.75 Å². The number of ether oxygens (including phenoxy) is 3. The predicted octanol–water partition coefficient (Wildman–Crippen LogP) is 2.46. The zero-order valence-electron chi connectivity index (χ0n) is 12.9. The molecule has 118 valence electrons. The Morgan fingerprint density at radius 1 is 1.14 bits per heavy atom. The molecule has 0 spiro atoms. The molecule has 1 aliphatic carbocycles. The summed E-state index contributed by atoms with van der Waals surface area (Å²) in [6.45, 7) is 2.22. The summed E-state index contributed by atoms with van der Waals surface area (Å²) in [4.78, 5) is 0. The summed E-state index contributed by atoms with van der Waals surface area (Å²) in [5.74, 6) is 0.884. The molecule has 1 fully saturated rings. The average Bonchev–Trinajstić information content (AvgIpc) is 3.01. The maximum Gasteiger partial charge on any atom is 0.200 e. The zero-order valence-corrected chi connectivity index (χ0v) is 12.9. The van der Waals surface area contributed by atoms with Gasteiger partial charge < -0.3 is 24.6 Å². The van der Waals surface area contributed by atoms with Gasteiger partial charge in [0.15, 0.2) is 11.5 Å². The van der Waals surface area contributed by atoms with Gasteiger partial charge in [-0.05, 0) is 30.5 Å². The second-order valence-corrected chi connectivity index (χ2v) is 5.30. The van der Waals surface area contributed by atoms with Crippen LogP contribution in [0.25, 0.3) is 0 Å². The normalized spacial score (nSPS) is 15.3. The maximum atomic E-state index is 9.85. The van der Waals surface area contributed by atoms with Crippen molar-refractivity contribution in [2.24, 2.45) is 0 Å². The summed E-state index contributed by atoms with van der Waals surface area (Å²) in [6.07, 6.45) is 5.45. The van der Waals surface area contributed by atoms with Gasteiger partial charge in [0.25, 0.3) is 0 Å². The van der Waals surface area contributed by atoms with Crippen LogP contribution in [0.15, 0.2) is 12.1 Å². The number of hydrogen-bond acceptors (Lipinski definition) is 5. The molecule has 5 heteroatoms. The topological polar surface area (TPSA) is 60.0 Å². The summed E-state index contributed by atoms with van der Waals surface area (Å²) in [6, 6.07) is 3.62. The Labute approximate surface area is 126 Å². The van der Waals surface area contributed by atoms with Crippen molar-refractivity contribution in [2.75, 3.05) is 27.4 Å². The van der Waals surface area contributed by atoms with E-state index in [-0.39, 0.29) is 5.75 Å². The molecule has 0 aliphatic heterocycles. The Morgan fingerprint density at radius 2 is 1.76 bits per heavy atom. The fourth-order valence-corrected chi connectivity index (χ4v) is 2.64. The zero-order chi connectivity index (χ0) is 15.1. The third kappa shape index (κ3) is 4.51. The molecule has 0 saturated heterocycles. The smallest absolute Gasteiger partial charge is 0.200 e. The minimum absolute atomic E-state index is 0.0355. The minimum Gasteiger partial charge on any atom is -0.502 e. The van der Waals surface area contributed by atoms with Crippen molar-refractivity contribution in [1.82, 2.24) is 5.32 Å². The first-order chi connectivity index (χ1) is 10.2. The van der Waals surface area contributed by atoms with E-state index in [1.807, 2.05) is 12.1 Å². The van der Waals surface area contributed by atoms with Gasteiger partial charge in [-0.3, -0.25) is 0 Å². The van der Waals surface area contributed by atoms with Crippen LogP contribution in [0.4, 0.5) is 0 Å². The summed E-state index contributed by atoms with van der Waals surface area (Å²) < 4.78 is 16.1. The van der Waals surface area contributed by atoms with Crippen LogP contribution in [0, 0.1) is 0 Å². The van der Waals surface area contributed by atoms with Crippen molar-refractivity contribution < 1.29 is 19.3 Å². The standard InChI is InChI=1S/C16H25NO4/c1-19-14-9-12(10-15(20-2)16(14)18)11-17-7-8-21-13-5-3-4-6-13/h9-10,13,17-18H,3-8,11H2,1-2H3. The lowest BCUT2D eigenvalue weighted by Gasteiger charge is -2.13. The summed E-state index contributed by atoms with van der Waals surface area (Å²) >= 11 is 0. The lowest BCUT2D eigenvalue weighted by atomic mass is 10.2. The predicted molar refractivity (Wildman–Crippen MR) is 81.1 cm³/mol. The van der Waals surface area contributed by atoms with E-state index in [0.717, 1.165) is 18.7 Å². The van der Waals surface area contributed by atoms with Crippen LogP contribution in [0.1, 0.15) is 31.2 Å². The highest BCUT2D eigenvalue weighted by molar-refractivity contribution is 5.52. The van der Waals surface area contributed by atoms with Gasteiger partial charge in [0.05, 0.1) is 26.9 Å². The molecule has 2 rings (SSSR count). The van der Waals surface area contributed by atoms with Crippen molar-refractivity contribution in [3.05, 3.63) is 17.7 Å². The van der Waals surface area contributed by atoms with Gasteiger partial charge in [0, 0.05) is 13.1 Å². The van der Waals surface area contributed by atoms with Crippen LogP contribution in [0.3, 0.4) is 0 Å². The summed E-state index contributed by atoms with van der Waals surface area (Å²) in [7, 11) is 3.06. The van der Waals surface area contributed by atoms with Crippen molar-refractivity contribution in [3.63, 3.8) is 0 Å². The number of nitrogens with one attached hydrogen (secondary N) is 1. The number of aromatic hydroxyl groups is 1. The van der Waals surface area contributed by atoms with Crippen LogP contribution >= 0.6 is 0 Å². The molecule has 0 atom stereocenters. The van der Waals surface area contributed by atoms with Crippen molar-refractivity contribution >= 4 is 0 Å². The molecule has 0 heterocycles. The Morgan fingerprint density at radius 3 is 2.33 bits per heavy atom. The van der Waals surface area contributed by atoms with Crippen LogP contribution in [-0.4, -0.2) is 38.6 Å². The Balaban J connectivity index is 1.77. The summed E-state index contributed by atoms with van der Waals surface area (Å²) in [5, 5.41) is 13.2. The molecular weight excluding hydrogens is 270 g/mol. The molecule has 0 unspecified atom stereocenters. The van der Waals surface area contributed by atoms with E-state index < -0.39 is 0 Å². The van der Waals surface area contributed by atoms with Crippen molar-refractivity contribution in [2.45, 2.75) is 38.3 Å². The highest BCUT2D eigenvalue weighted by Crippen LogP contribution is 2.36. The lowest BCUT2D eigenvalue weighted by molar-refractivity contribution is 0.0602. The minimum atomic E-state index is 0.0355. The number of phenols is 1. The van der Waals surface area contributed by atoms with Gasteiger partial charge in [-0.15, -0.1) is 0 Å².